The van der Waals surface area contributed by atoms with Crippen LogP contribution in [-0.4, -0.2) is 5.11 Å². The van der Waals surface area contributed by atoms with Gasteiger partial charge in [0, 0.05) is 11.3 Å². The number of nitrogens with two attached hydrogens (primary N) is 1. The highest BCUT2D eigenvalue weighted by molar-refractivity contribution is 5.92. The smallest absolute Gasteiger partial charge is 0.115 e. The van der Waals surface area contributed by atoms with Crippen molar-refractivity contribution in [2.75, 3.05) is 5.73 Å². The Labute approximate surface area is 124 Å². The number of benzene rings is 3. The standard InChI is InChI=1S/C19H17NO/c1-13-7-12-17(20)19(14-5-3-2-4-6-14)18(13)15-8-10-16(21)11-9-15/h2-12,21H,20H2,1H3. The molecule has 0 unspecified atom stereocenters. The van der Waals surface area contributed by atoms with E-state index < -0.39 is 0 Å². The lowest BCUT2D eigenvalue weighted by Gasteiger charge is -2.16. The summed E-state index contributed by atoms with van der Waals surface area (Å²) in [6.45, 7) is 2.08. The predicted octanol–water partition coefficient (Wildman–Crippen LogP) is 4.62. The minimum atomic E-state index is 0.265. The largest absolute Gasteiger partial charge is 0.508 e. The molecule has 0 aliphatic heterocycles. The van der Waals surface area contributed by atoms with Crippen LogP contribution in [-0.2, 0) is 0 Å². The van der Waals surface area contributed by atoms with Crippen LogP contribution in [0.25, 0.3) is 22.3 Å². The number of aryl methyl sites for hydroxylation is 1. The highest BCUT2D eigenvalue weighted by Gasteiger charge is 2.13. The van der Waals surface area contributed by atoms with Crippen LogP contribution in [0.5, 0.6) is 5.75 Å². The van der Waals surface area contributed by atoms with Crippen LogP contribution >= 0.6 is 0 Å². The summed E-state index contributed by atoms with van der Waals surface area (Å²) in [4.78, 5) is 0. The van der Waals surface area contributed by atoms with Crippen molar-refractivity contribution in [3.05, 3.63) is 72.3 Å². The Bertz CT molecular complexity index is 762. The van der Waals surface area contributed by atoms with Crippen molar-refractivity contribution in [1.82, 2.24) is 0 Å². The molecule has 2 heteroatoms. The Balaban J connectivity index is 2.29. The molecule has 2 nitrogen and oxygen atoms in total. The number of nitrogen functional groups attached to an aromatic ring is 1. The Kier molecular flexibility index (Phi) is 3.36. The molecule has 0 saturated heterocycles. The molecular weight excluding hydrogens is 258 g/mol. The highest BCUT2D eigenvalue weighted by Crippen LogP contribution is 2.39. The first-order valence-electron chi connectivity index (χ1n) is 6.91. The van der Waals surface area contributed by atoms with Gasteiger partial charge in [-0.3, -0.25) is 0 Å². The van der Waals surface area contributed by atoms with Gasteiger partial charge in [0.05, 0.1) is 0 Å². The Hall–Kier alpha value is -2.74. The SMILES string of the molecule is Cc1ccc(N)c(-c2ccccc2)c1-c1ccc(O)cc1. The predicted molar refractivity (Wildman–Crippen MR) is 88.1 cm³/mol. The minimum absolute atomic E-state index is 0.265. The molecule has 0 spiro atoms. The van der Waals surface area contributed by atoms with Gasteiger partial charge >= 0.3 is 0 Å². The third kappa shape index (κ3) is 2.48. The highest BCUT2D eigenvalue weighted by atomic mass is 16.3. The summed E-state index contributed by atoms with van der Waals surface area (Å²) in [5.41, 5.74) is 12.5. The molecular formula is C19H17NO. The Morgan fingerprint density at radius 3 is 2.00 bits per heavy atom. The first-order valence-corrected chi connectivity index (χ1v) is 6.91. The van der Waals surface area contributed by atoms with Gasteiger partial charge in [-0.2, -0.15) is 0 Å². The van der Waals surface area contributed by atoms with E-state index in [0.717, 1.165) is 33.5 Å². The fourth-order valence-corrected chi connectivity index (χ4v) is 2.64. The molecule has 3 N–H and O–H groups in total. The molecule has 0 atom stereocenters. The van der Waals surface area contributed by atoms with Gasteiger partial charge in [0.25, 0.3) is 0 Å². The molecule has 3 aromatic carbocycles. The third-order valence-corrected chi connectivity index (χ3v) is 3.66. The fourth-order valence-electron chi connectivity index (χ4n) is 2.64. The lowest BCUT2D eigenvalue weighted by atomic mass is 9.90. The van der Waals surface area contributed by atoms with Crippen LogP contribution in [0.15, 0.2) is 66.7 Å². The average molecular weight is 275 g/mol. The molecule has 0 aromatic heterocycles. The van der Waals surface area contributed by atoms with Gasteiger partial charge in [-0.05, 0) is 47.4 Å². The molecule has 3 aromatic rings. The number of phenols is 1. The lowest BCUT2D eigenvalue weighted by molar-refractivity contribution is 0.475. The molecule has 0 saturated carbocycles. The van der Waals surface area contributed by atoms with Crippen molar-refractivity contribution in [2.45, 2.75) is 6.92 Å². The van der Waals surface area contributed by atoms with Crippen molar-refractivity contribution in [1.29, 1.82) is 0 Å². The fraction of sp³-hybridized carbons (Fsp3) is 0.0526. The van der Waals surface area contributed by atoms with Crippen molar-refractivity contribution >= 4 is 5.69 Å². The molecule has 21 heavy (non-hydrogen) atoms. The molecule has 0 bridgehead atoms. The van der Waals surface area contributed by atoms with Crippen molar-refractivity contribution in [2.24, 2.45) is 0 Å². The first-order chi connectivity index (χ1) is 10.2. The molecule has 104 valence electrons. The van der Waals surface area contributed by atoms with Gasteiger partial charge in [0.15, 0.2) is 0 Å². The maximum Gasteiger partial charge on any atom is 0.115 e. The van der Waals surface area contributed by atoms with Gasteiger partial charge in [-0.1, -0.05) is 48.5 Å². The molecule has 0 heterocycles. The van der Waals surface area contributed by atoms with Crippen LogP contribution < -0.4 is 5.73 Å². The van der Waals surface area contributed by atoms with Crippen molar-refractivity contribution < 1.29 is 5.11 Å². The minimum Gasteiger partial charge on any atom is -0.508 e. The van der Waals surface area contributed by atoms with Crippen LogP contribution in [0.4, 0.5) is 5.69 Å². The van der Waals surface area contributed by atoms with E-state index in [0.29, 0.717) is 0 Å². The van der Waals surface area contributed by atoms with E-state index in [1.165, 1.54) is 0 Å². The van der Waals surface area contributed by atoms with Crippen LogP contribution in [0, 0.1) is 6.92 Å². The Morgan fingerprint density at radius 2 is 1.33 bits per heavy atom. The van der Waals surface area contributed by atoms with E-state index >= 15 is 0 Å². The number of anilines is 1. The van der Waals surface area contributed by atoms with Gasteiger partial charge in [-0.25, -0.2) is 0 Å². The van der Waals surface area contributed by atoms with E-state index in [9.17, 15) is 5.11 Å². The summed E-state index contributed by atoms with van der Waals surface area (Å²) in [5.74, 6) is 0.265. The summed E-state index contributed by atoms with van der Waals surface area (Å²) >= 11 is 0. The molecule has 0 aliphatic carbocycles. The molecule has 3 rings (SSSR count). The van der Waals surface area contributed by atoms with E-state index in [2.05, 4.69) is 19.1 Å². The van der Waals surface area contributed by atoms with Crippen LogP contribution in [0.1, 0.15) is 5.56 Å². The summed E-state index contributed by atoms with van der Waals surface area (Å²) in [5, 5.41) is 9.49. The molecule has 0 amide bonds. The second-order valence-corrected chi connectivity index (χ2v) is 5.13. The Morgan fingerprint density at radius 1 is 0.714 bits per heavy atom. The van der Waals surface area contributed by atoms with Crippen LogP contribution in [0.2, 0.25) is 0 Å². The molecule has 0 aliphatic rings. The topological polar surface area (TPSA) is 46.2 Å². The van der Waals surface area contributed by atoms with E-state index in [-0.39, 0.29) is 5.75 Å². The zero-order valence-electron chi connectivity index (χ0n) is 11.9. The first kappa shape index (κ1) is 13.3. The number of phenolic OH excluding ortho intramolecular Hbond substituents is 1. The summed E-state index contributed by atoms with van der Waals surface area (Å²) in [6.07, 6.45) is 0. The van der Waals surface area contributed by atoms with Gasteiger partial charge in [0.2, 0.25) is 0 Å². The van der Waals surface area contributed by atoms with E-state index in [1.54, 1.807) is 12.1 Å². The average Bonchev–Trinajstić information content (AvgIpc) is 2.51. The third-order valence-electron chi connectivity index (χ3n) is 3.66. The normalized spacial score (nSPS) is 10.5. The maximum absolute atomic E-state index is 9.49. The van der Waals surface area contributed by atoms with E-state index in [1.807, 2.05) is 42.5 Å². The van der Waals surface area contributed by atoms with Gasteiger partial charge < -0.3 is 10.8 Å². The maximum atomic E-state index is 9.49. The number of hydrogen-bond donors (Lipinski definition) is 2. The quantitative estimate of drug-likeness (QED) is 0.670. The van der Waals surface area contributed by atoms with Gasteiger partial charge in [0.1, 0.15) is 5.75 Å². The number of aromatic hydroxyl groups is 1. The van der Waals surface area contributed by atoms with Crippen LogP contribution in [0.3, 0.4) is 0 Å². The second kappa shape index (κ2) is 5.33. The van der Waals surface area contributed by atoms with Gasteiger partial charge in [-0.15, -0.1) is 0 Å². The second-order valence-electron chi connectivity index (χ2n) is 5.13. The molecule has 0 radical (unpaired) electrons. The number of rotatable bonds is 2. The number of hydrogen-bond acceptors (Lipinski definition) is 2. The summed E-state index contributed by atoms with van der Waals surface area (Å²) in [7, 11) is 0. The zero-order chi connectivity index (χ0) is 14.8. The molecule has 0 fully saturated rings. The monoisotopic (exact) mass is 275 g/mol. The van der Waals surface area contributed by atoms with E-state index in [4.69, 9.17) is 5.73 Å². The summed E-state index contributed by atoms with van der Waals surface area (Å²) in [6, 6.07) is 21.4. The van der Waals surface area contributed by atoms with Crippen molar-refractivity contribution in [3.8, 4) is 28.0 Å². The lowest BCUT2D eigenvalue weighted by Crippen LogP contribution is -1.96. The van der Waals surface area contributed by atoms with Crippen molar-refractivity contribution in [3.63, 3.8) is 0 Å². The summed E-state index contributed by atoms with van der Waals surface area (Å²) < 4.78 is 0. The zero-order valence-corrected chi connectivity index (χ0v) is 11.9.